The summed E-state index contributed by atoms with van der Waals surface area (Å²) < 4.78 is 0. The second-order valence-corrected chi connectivity index (χ2v) is 3.15. The Morgan fingerprint density at radius 2 is 2.43 bits per heavy atom. The van der Waals surface area contributed by atoms with Crippen molar-refractivity contribution in [3.8, 4) is 6.07 Å². The van der Waals surface area contributed by atoms with Crippen molar-refractivity contribution in [1.29, 1.82) is 5.26 Å². The van der Waals surface area contributed by atoms with E-state index >= 15 is 0 Å². The number of fused-ring (bicyclic) bond motifs is 1. The Morgan fingerprint density at radius 1 is 1.57 bits per heavy atom. The molecule has 0 amide bonds. The van der Waals surface area contributed by atoms with Gasteiger partial charge in [-0.15, -0.1) is 0 Å². The van der Waals surface area contributed by atoms with E-state index in [-0.39, 0.29) is 6.04 Å². The van der Waals surface area contributed by atoms with Crippen LogP contribution in [0, 0.1) is 11.3 Å². The average Bonchev–Trinajstić information content (AvgIpc) is 2.64. The molecule has 3 N–H and O–H groups in total. The first kappa shape index (κ1) is 8.73. The fourth-order valence-electron chi connectivity index (χ4n) is 1.40. The first-order valence-electron chi connectivity index (χ1n) is 4.37. The van der Waals surface area contributed by atoms with Crippen molar-refractivity contribution in [3.05, 3.63) is 30.1 Å². The topological polar surface area (TPSA) is 78.5 Å². The zero-order valence-corrected chi connectivity index (χ0v) is 7.57. The second kappa shape index (κ2) is 3.48. The van der Waals surface area contributed by atoms with E-state index in [9.17, 15) is 0 Å². The first-order valence-corrected chi connectivity index (χ1v) is 4.37. The highest BCUT2D eigenvalue weighted by molar-refractivity contribution is 5.75. The maximum absolute atomic E-state index is 8.52. The summed E-state index contributed by atoms with van der Waals surface area (Å²) in [5.74, 6) is 0. The number of aromatic nitrogens is 2. The number of imidazole rings is 1. The molecule has 0 saturated carbocycles. The molecule has 4 nitrogen and oxygen atoms in total. The third-order valence-electron chi connectivity index (χ3n) is 2.18. The van der Waals surface area contributed by atoms with E-state index in [4.69, 9.17) is 11.0 Å². The molecule has 0 bridgehead atoms. The van der Waals surface area contributed by atoms with Crippen molar-refractivity contribution in [1.82, 2.24) is 9.97 Å². The Bertz CT molecular complexity index is 480. The molecule has 2 rings (SSSR count). The Balaban J connectivity index is 2.39. The van der Waals surface area contributed by atoms with Gasteiger partial charge in [0.2, 0.25) is 0 Å². The highest BCUT2D eigenvalue weighted by Gasteiger charge is 2.06. The van der Waals surface area contributed by atoms with Gasteiger partial charge in [0.05, 0.1) is 29.9 Å². The molecule has 0 aliphatic heterocycles. The first-order chi connectivity index (χ1) is 6.81. The number of hydrogen-bond acceptors (Lipinski definition) is 3. The van der Waals surface area contributed by atoms with Gasteiger partial charge in [0, 0.05) is 6.04 Å². The van der Waals surface area contributed by atoms with Crippen LogP contribution in [0.3, 0.4) is 0 Å². The molecule has 1 aromatic heterocycles. The summed E-state index contributed by atoms with van der Waals surface area (Å²) in [6.45, 7) is 0. The Labute approximate surface area is 81.4 Å². The van der Waals surface area contributed by atoms with Crippen LogP contribution in [0.5, 0.6) is 0 Å². The molecule has 14 heavy (non-hydrogen) atoms. The quantitative estimate of drug-likeness (QED) is 0.745. The van der Waals surface area contributed by atoms with Gasteiger partial charge in [-0.25, -0.2) is 4.98 Å². The fraction of sp³-hybridized carbons (Fsp3) is 0.200. The number of H-pyrrole nitrogens is 1. The second-order valence-electron chi connectivity index (χ2n) is 3.15. The monoisotopic (exact) mass is 186 g/mol. The number of rotatable bonds is 2. The number of hydrogen-bond donors (Lipinski definition) is 2. The summed E-state index contributed by atoms with van der Waals surface area (Å²) in [4.78, 5) is 7.11. The van der Waals surface area contributed by atoms with Gasteiger partial charge in [-0.1, -0.05) is 6.07 Å². The van der Waals surface area contributed by atoms with Gasteiger partial charge in [0.15, 0.2) is 0 Å². The minimum atomic E-state index is -0.215. The summed E-state index contributed by atoms with van der Waals surface area (Å²) >= 11 is 0. The molecule has 0 aliphatic rings. The zero-order chi connectivity index (χ0) is 9.97. The van der Waals surface area contributed by atoms with E-state index in [0.717, 1.165) is 16.6 Å². The van der Waals surface area contributed by atoms with Crippen LogP contribution in [0.15, 0.2) is 24.5 Å². The van der Waals surface area contributed by atoms with Crippen LogP contribution in [0.1, 0.15) is 18.0 Å². The number of nitrogens with two attached hydrogens (primary N) is 1. The van der Waals surface area contributed by atoms with Crippen LogP contribution in [0.4, 0.5) is 0 Å². The number of nitriles is 1. The normalized spacial score (nSPS) is 12.6. The summed E-state index contributed by atoms with van der Waals surface area (Å²) in [5.41, 5.74) is 8.64. The number of benzene rings is 1. The van der Waals surface area contributed by atoms with Crippen LogP contribution in [-0.4, -0.2) is 9.97 Å². The van der Waals surface area contributed by atoms with Crippen molar-refractivity contribution in [2.45, 2.75) is 12.5 Å². The standard InChI is InChI=1S/C10H10N4/c11-4-3-8(12)7-1-2-9-10(5-7)14-6-13-9/h1-2,5-6,8H,3,12H2,(H,13,14). The van der Waals surface area contributed by atoms with Crippen molar-refractivity contribution >= 4 is 11.0 Å². The minimum absolute atomic E-state index is 0.215. The zero-order valence-electron chi connectivity index (χ0n) is 7.57. The Kier molecular flexibility index (Phi) is 2.17. The Morgan fingerprint density at radius 3 is 3.21 bits per heavy atom. The third kappa shape index (κ3) is 1.45. The van der Waals surface area contributed by atoms with Gasteiger partial charge in [0.25, 0.3) is 0 Å². The third-order valence-corrected chi connectivity index (χ3v) is 2.18. The molecular weight excluding hydrogens is 176 g/mol. The molecule has 70 valence electrons. The van der Waals surface area contributed by atoms with Gasteiger partial charge in [-0.3, -0.25) is 0 Å². The van der Waals surface area contributed by atoms with E-state index in [1.54, 1.807) is 6.33 Å². The molecule has 2 aromatic rings. The van der Waals surface area contributed by atoms with Gasteiger partial charge in [0.1, 0.15) is 0 Å². The van der Waals surface area contributed by atoms with E-state index in [0.29, 0.717) is 6.42 Å². The molecule has 1 atom stereocenters. The molecule has 1 unspecified atom stereocenters. The lowest BCUT2D eigenvalue weighted by Gasteiger charge is -2.06. The summed E-state index contributed by atoms with van der Waals surface area (Å²) in [5, 5.41) is 8.52. The predicted molar refractivity (Wildman–Crippen MR) is 53.3 cm³/mol. The highest BCUT2D eigenvalue weighted by atomic mass is 14.9. The maximum Gasteiger partial charge on any atom is 0.0931 e. The number of nitrogens with zero attached hydrogens (tertiary/aromatic N) is 2. The lowest BCUT2D eigenvalue weighted by atomic mass is 10.1. The smallest absolute Gasteiger partial charge is 0.0931 e. The highest BCUT2D eigenvalue weighted by Crippen LogP contribution is 2.18. The van der Waals surface area contributed by atoms with E-state index < -0.39 is 0 Å². The van der Waals surface area contributed by atoms with Crippen LogP contribution < -0.4 is 5.73 Å². The fourth-order valence-corrected chi connectivity index (χ4v) is 1.40. The summed E-state index contributed by atoms with van der Waals surface area (Å²) in [6, 6.07) is 7.59. The van der Waals surface area contributed by atoms with Crippen molar-refractivity contribution in [2.75, 3.05) is 0 Å². The molecule has 0 radical (unpaired) electrons. The van der Waals surface area contributed by atoms with Crippen LogP contribution >= 0.6 is 0 Å². The van der Waals surface area contributed by atoms with Gasteiger partial charge in [-0.05, 0) is 17.7 Å². The molecule has 1 aromatic carbocycles. The van der Waals surface area contributed by atoms with Crippen LogP contribution in [0.2, 0.25) is 0 Å². The SMILES string of the molecule is N#CCC(N)c1ccc2nc[nH]c2c1. The lowest BCUT2D eigenvalue weighted by Crippen LogP contribution is -2.08. The minimum Gasteiger partial charge on any atom is -0.345 e. The maximum atomic E-state index is 8.52. The van der Waals surface area contributed by atoms with Crippen LogP contribution in [0.25, 0.3) is 11.0 Å². The number of nitrogens with one attached hydrogen (secondary N) is 1. The largest absolute Gasteiger partial charge is 0.345 e. The molecule has 1 heterocycles. The van der Waals surface area contributed by atoms with Gasteiger partial charge >= 0.3 is 0 Å². The Hall–Kier alpha value is -1.86. The molecule has 0 saturated heterocycles. The van der Waals surface area contributed by atoms with Crippen molar-refractivity contribution in [3.63, 3.8) is 0 Å². The summed E-state index contributed by atoms with van der Waals surface area (Å²) in [6.07, 6.45) is 1.98. The van der Waals surface area contributed by atoms with Crippen molar-refractivity contribution in [2.24, 2.45) is 5.73 Å². The van der Waals surface area contributed by atoms with Crippen LogP contribution in [-0.2, 0) is 0 Å². The van der Waals surface area contributed by atoms with E-state index in [1.165, 1.54) is 0 Å². The predicted octanol–water partition coefficient (Wildman–Crippen LogP) is 1.48. The number of aromatic amines is 1. The molecule has 0 spiro atoms. The van der Waals surface area contributed by atoms with E-state index in [1.807, 2.05) is 18.2 Å². The molecular formula is C10H10N4. The molecule has 4 heteroatoms. The lowest BCUT2D eigenvalue weighted by molar-refractivity contribution is 0.749. The summed E-state index contributed by atoms with van der Waals surface area (Å²) in [7, 11) is 0. The van der Waals surface area contributed by atoms with Gasteiger partial charge in [-0.2, -0.15) is 5.26 Å². The van der Waals surface area contributed by atoms with E-state index in [2.05, 4.69) is 16.0 Å². The van der Waals surface area contributed by atoms with Gasteiger partial charge < -0.3 is 10.7 Å². The van der Waals surface area contributed by atoms with Crippen molar-refractivity contribution < 1.29 is 0 Å². The molecule has 0 aliphatic carbocycles. The average molecular weight is 186 g/mol. The molecule has 0 fully saturated rings.